The Labute approximate surface area is 188 Å². The van der Waals surface area contributed by atoms with Gasteiger partial charge in [-0.15, -0.1) is 10.2 Å². The van der Waals surface area contributed by atoms with Crippen LogP contribution in [0.25, 0.3) is 11.3 Å². The molecule has 2 amide bonds. The molecule has 1 atom stereocenters. The maximum atomic E-state index is 13.7. The first-order valence-corrected chi connectivity index (χ1v) is 10.7. The van der Waals surface area contributed by atoms with E-state index in [-0.39, 0.29) is 28.4 Å². The molecule has 0 aliphatic rings. The lowest BCUT2D eigenvalue weighted by atomic mass is 10.1. The number of para-hydroxylation sites is 2. The SMILES string of the molecule is CC(C)C(=O)Nc1ccccc1-c1nnc(S[C@@H](C)C(=O)Nc2ccccc2F)[nH]c1=O. The predicted octanol–water partition coefficient (Wildman–Crippen LogP) is 3.68. The molecular formula is C22H22FN5O3S. The number of thioether (sulfide) groups is 1. The van der Waals surface area contributed by atoms with Gasteiger partial charge in [-0.25, -0.2) is 4.39 Å². The molecule has 8 nitrogen and oxygen atoms in total. The van der Waals surface area contributed by atoms with Crippen molar-refractivity contribution in [3.8, 4) is 11.3 Å². The van der Waals surface area contributed by atoms with Crippen LogP contribution in [-0.4, -0.2) is 32.2 Å². The summed E-state index contributed by atoms with van der Waals surface area (Å²) in [4.78, 5) is 39.7. The monoisotopic (exact) mass is 455 g/mol. The number of aromatic amines is 1. The van der Waals surface area contributed by atoms with Crippen LogP contribution >= 0.6 is 11.8 Å². The number of H-pyrrole nitrogens is 1. The molecule has 0 aliphatic carbocycles. The molecule has 166 valence electrons. The zero-order chi connectivity index (χ0) is 23.3. The van der Waals surface area contributed by atoms with E-state index in [0.717, 1.165) is 11.8 Å². The molecule has 3 N–H and O–H groups in total. The van der Waals surface area contributed by atoms with Crippen molar-refractivity contribution in [3.05, 3.63) is 64.7 Å². The van der Waals surface area contributed by atoms with E-state index in [1.54, 1.807) is 51.1 Å². The van der Waals surface area contributed by atoms with E-state index in [2.05, 4.69) is 25.8 Å². The number of nitrogens with one attached hydrogen (secondary N) is 3. The first-order chi connectivity index (χ1) is 15.3. The molecule has 0 bridgehead atoms. The van der Waals surface area contributed by atoms with E-state index >= 15 is 0 Å². The van der Waals surface area contributed by atoms with Gasteiger partial charge in [-0.3, -0.25) is 19.4 Å². The molecule has 10 heteroatoms. The van der Waals surface area contributed by atoms with E-state index in [1.807, 2.05) is 0 Å². The van der Waals surface area contributed by atoms with Crippen LogP contribution in [0.1, 0.15) is 20.8 Å². The molecule has 0 spiro atoms. The number of halogens is 1. The standard InChI is InChI=1S/C22H22FN5O3S/c1-12(2)19(29)24-16-10-6-4-8-14(16)18-21(31)26-22(28-27-18)32-13(3)20(30)25-17-11-7-5-9-15(17)23/h4-13H,1-3H3,(H,24,29)(H,25,30)(H,26,28,31)/t13-/m0/s1. The summed E-state index contributed by atoms with van der Waals surface area (Å²) in [5.41, 5.74) is 0.467. The van der Waals surface area contributed by atoms with E-state index < -0.39 is 22.5 Å². The zero-order valence-corrected chi connectivity index (χ0v) is 18.5. The average molecular weight is 456 g/mol. The van der Waals surface area contributed by atoms with E-state index in [1.165, 1.54) is 18.2 Å². The van der Waals surface area contributed by atoms with Gasteiger partial charge in [0.25, 0.3) is 5.56 Å². The normalized spacial score (nSPS) is 11.8. The van der Waals surface area contributed by atoms with Crippen molar-refractivity contribution in [1.29, 1.82) is 0 Å². The smallest absolute Gasteiger partial charge is 0.278 e. The van der Waals surface area contributed by atoms with Gasteiger partial charge in [0, 0.05) is 11.5 Å². The molecule has 32 heavy (non-hydrogen) atoms. The Balaban J connectivity index is 1.76. The lowest BCUT2D eigenvalue weighted by Crippen LogP contribution is -2.24. The molecule has 0 unspecified atom stereocenters. The lowest BCUT2D eigenvalue weighted by molar-refractivity contribution is -0.119. The van der Waals surface area contributed by atoms with Crippen molar-refractivity contribution in [2.24, 2.45) is 5.92 Å². The van der Waals surface area contributed by atoms with Crippen LogP contribution < -0.4 is 16.2 Å². The van der Waals surface area contributed by atoms with Crippen LogP contribution in [0.15, 0.2) is 58.5 Å². The highest BCUT2D eigenvalue weighted by Gasteiger charge is 2.19. The maximum absolute atomic E-state index is 13.7. The third kappa shape index (κ3) is 5.58. The van der Waals surface area contributed by atoms with Crippen LogP contribution in [0.2, 0.25) is 0 Å². The highest BCUT2D eigenvalue weighted by Crippen LogP contribution is 2.25. The molecule has 3 aromatic rings. The minimum atomic E-state index is -0.678. The van der Waals surface area contributed by atoms with Crippen molar-refractivity contribution in [3.63, 3.8) is 0 Å². The Hall–Kier alpha value is -3.53. The second kappa shape index (κ2) is 10.2. The molecule has 0 saturated carbocycles. The maximum Gasteiger partial charge on any atom is 0.278 e. The number of carbonyl (C=O) groups is 2. The Morgan fingerprint density at radius 1 is 0.938 bits per heavy atom. The largest absolute Gasteiger partial charge is 0.325 e. The molecule has 0 aliphatic heterocycles. The fraction of sp³-hybridized carbons (Fsp3) is 0.227. The van der Waals surface area contributed by atoms with Crippen molar-refractivity contribution < 1.29 is 14.0 Å². The summed E-state index contributed by atoms with van der Waals surface area (Å²) in [6.45, 7) is 5.13. The summed E-state index contributed by atoms with van der Waals surface area (Å²) < 4.78 is 13.7. The summed E-state index contributed by atoms with van der Waals surface area (Å²) in [6, 6.07) is 12.6. The quantitative estimate of drug-likeness (QED) is 0.468. The highest BCUT2D eigenvalue weighted by molar-refractivity contribution is 8.00. The first kappa shape index (κ1) is 23.1. The predicted molar refractivity (Wildman–Crippen MR) is 122 cm³/mol. The molecule has 0 radical (unpaired) electrons. The average Bonchev–Trinajstić information content (AvgIpc) is 2.76. The number of aromatic nitrogens is 3. The summed E-state index contributed by atoms with van der Waals surface area (Å²) >= 11 is 0.980. The number of rotatable bonds is 7. The number of anilines is 2. The molecule has 0 fully saturated rings. The number of hydrogen-bond acceptors (Lipinski definition) is 6. The molecule has 1 aromatic heterocycles. The van der Waals surface area contributed by atoms with Crippen molar-refractivity contribution in [2.45, 2.75) is 31.2 Å². The number of hydrogen-bond donors (Lipinski definition) is 3. The van der Waals surface area contributed by atoms with Crippen LogP contribution in [0.3, 0.4) is 0 Å². The summed E-state index contributed by atoms with van der Waals surface area (Å²) in [7, 11) is 0. The minimum absolute atomic E-state index is 0.0393. The van der Waals surface area contributed by atoms with Crippen molar-refractivity contribution in [2.75, 3.05) is 10.6 Å². The lowest BCUT2D eigenvalue weighted by Gasteiger charge is -2.13. The highest BCUT2D eigenvalue weighted by atomic mass is 32.2. The van der Waals surface area contributed by atoms with Crippen molar-refractivity contribution in [1.82, 2.24) is 15.2 Å². The van der Waals surface area contributed by atoms with Gasteiger partial charge in [0.15, 0.2) is 10.9 Å². The fourth-order valence-corrected chi connectivity index (χ4v) is 3.39. The van der Waals surface area contributed by atoms with Gasteiger partial charge in [0.1, 0.15) is 5.82 Å². The Bertz CT molecular complexity index is 1200. The van der Waals surface area contributed by atoms with Gasteiger partial charge < -0.3 is 10.6 Å². The Morgan fingerprint density at radius 3 is 2.22 bits per heavy atom. The topological polar surface area (TPSA) is 117 Å². The van der Waals surface area contributed by atoms with Gasteiger partial charge in [0.05, 0.1) is 16.6 Å². The third-order valence-corrected chi connectivity index (χ3v) is 5.40. The Morgan fingerprint density at radius 2 is 1.56 bits per heavy atom. The minimum Gasteiger partial charge on any atom is -0.325 e. The number of carbonyl (C=O) groups excluding carboxylic acids is 2. The molecule has 3 rings (SSSR count). The molecule has 2 aromatic carbocycles. The molecular weight excluding hydrogens is 433 g/mol. The first-order valence-electron chi connectivity index (χ1n) is 9.85. The van der Waals surface area contributed by atoms with Gasteiger partial charge in [-0.2, -0.15) is 0 Å². The van der Waals surface area contributed by atoms with Crippen LogP contribution in [0.4, 0.5) is 15.8 Å². The van der Waals surface area contributed by atoms with E-state index in [4.69, 9.17) is 0 Å². The number of benzene rings is 2. The van der Waals surface area contributed by atoms with Gasteiger partial charge in [-0.1, -0.05) is 55.9 Å². The second-order valence-corrected chi connectivity index (χ2v) is 8.56. The third-order valence-electron chi connectivity index (χ3n) is 4.43. The summed E-state index contributed by atoms with van der Waals surface area (Å²) in [6.07, 6.45) is 0. The van der Waals surface area contributed by atoms with Crippen LogP contribution in [-0.2, 0) is 9.59 Å². The summed E-state index contributed by atoms with van der Waals surface area (Å²) in [5, 5.41) is 12.8. The van der Waals surface area contributed by atoms with Crippen molar-refractivity contribution >= 4 is 35.0 Å². The van der Waals surface area contributed by atoms with Gasteiger partial charge in [0.2, 0.25) is 11.8 Å². The van der Waals surface area contributed by atoms with Crippen LogP contribution in [0.5, 0.6) is 0 Å². The van der Waals surface area contributed by atoms with E-state index in [0.29, 0.717) is 11.3 Å². The molecule has 1 heterocycles. The van der Waals surface area contributed by atoms with Gasteiger partial charge in [-0.05, 0) is 25.1 Å². The molecule has 0 saturated heterocycles. The second-order valence-electron chi connectivity index (χ2n) is 7.23. The Kier molecular flexibility index (Phi) is 7.37. The fourth-order valence-electron chi connectivity index (χ4n) is 2.64. The zero-order valence-electron chi connectivity index (χ0n) is 17.7. The number of nitrogens with zero attached hydrogens (tertiary/aromatic N) is 2. The number of amides is 2. The van der Waals surface area contributed by atoms with Crippen LogP contribution in [0, 0.1) is 11.7 Å². The van der Waals surface area contributed by atoms with Gasteiger partial charge >= 0.3 is 0 Å². The van der Waals surface area contributed by atoms with E-state index in [9.17, 15) is 18.8 Å². The summed E-state index contributed by atoms with van der Waals surface area (Å²) in [5.74, 6) is -1.42.